The highest BCUT2D eigenvalue weighted by molar-refractivity contribution is 9.10. The molecule has 5 nitrogen and oxygen atoms in total. The van der Waals surface area contributed by atoms with Crippen LogP contribution in [0.5, 0.6) is 0 Å². The van der Waals surface area contributed by atoms with Crippen LogP contribution in [0.25, 0.3) is 0 Å². The Balaban J connectivity index is 2.53. The van der Waals surface area contributed by atoms with Crippen molar-refractivity contribution in [3.8, 4) is 5.40 Å². The number of nitrogens with one attached hydrogen (secondary N) is 1. The van der Waals surface area contributed by atoms with E-state index in [1.165, 1.54) is 6.08 Å². The quantitative estimate of drug-likeness (QED) is 0.360. The number of allylic oxidation sites excluding steroid dienone is 1. The molecule has 0 unspecified atom stereocenters. The largest absolute Gasteiger partial charge is 0.452 e. The van der Waals surface area contributed by atoms with Gasteiger partial charge in [-0.15, -0.1) is 0 Å². The Hall–Kier alpha value is -1.78. The van der Waals surface area contributed by atoms with E-state index in [0.717, 1.165) is 23.1 Å². The molecule has 0 atom stereocenters. The number of esters is 1. The molecule has 0 bridgehead atoms. The normalized spacial score (nSPS) is 10.1. The number of hydrogen-bond donors (Lipinski definition) is 1. The van der Waals surface area contributed by atoms with Gasteiger partial charge in [-0.25, -0.2) is 4.79 Å². The van der Waals surface area contributed by atoms with Gasteiger partial charge >= 0.3 is 5.97 Å². The number of ether oxygens (including phenoxy) is 1. The van der Waals surface area contributed by atoms with E-state index in [1.807, 2.05) is 12.3 Å². The second kappa shape index (κ2) is 9.21. The van der Waals surface area contributed by atoms with Crippen molar-refractivity contribution in [1.29, 1.82) is 5.26 Å². The first-order chi connectivity index (χ1) is 10.1. The number of anilines is 1. The molecule has 1 amide bonds. The summed E-state index contributed by atoms with van der Waals surface area (Å²) in [5.74, 6) is -0.985. The summed E-state index contributed by atoms with van der Waals surface area (Å²) >= 11 is 4.33. The van der Waals surface area contributed by atoms with Crippen LogP contribution in [0.1, 0.15) is 13.3 Å². The first-order valence-corrected chi connectivity index (χ1v) is 7.66. The summed E-state index contributed by atoms with van der Waals surface area (Å²) in [5, 5.41) is 13.2. The minimum atomic E-state index is -0.549. The number of halogens is 1. The number of carbonyl (C=O) groups is 2. The molecule has 0 saturated carbocycles. The first kappa shape index (κ1) is 17.3. The van der Waals surface area contributed by atoms with Crippen molar-refractivity contribution in [3.05, 3.63) is 34.8 Å². The van der Waals surface area contributed by atoms with Gasteiger partial charge < -0.3 is 10.1 Å². The zero-order valence-electron chi connectivity index (χ0n) is 11.3. The lowest BCUT2D eigenvalue weighted by Gasteiger charge is -2.08. The maximum atomic E-state index is 11.7. The lowest BCUT2D eigenvalue weighted by atomic mass is 10.3. The van der Waals surface area contributed by atoms with Gasteiger partial charge in [-0.05, 0) is 52.3 Å². The Labute approximate surface area is 135 Å². The fraction of sp³-hybridized carbons (Fsp3) is 0.214. The standard InChI is InChI=1S/C14H13BrN2O3S/c1-2-3-4-14(19)20-8-13(18)17-12-6-5-10(21-9-16)7-11(12)15/h3-7H,2,8H2,1H3,(H,17,18)/b4-3+. The lowest BCUT2D eigenvalue weighted by molar-refractivity contribution is -0.142. The zero-order valence-corrected chi connectivity index (χ0v) is 13.7. The number of benzene rings is 1. The van der Waals surface area contributed by atoms with Crippen molar-refractivity contribution < 1.29 is 14.3 Å². The number of thiocyanates is 1. The molecule has 1 aromatic carbocycles. The Bertz CT molecular complexity index is 596. The van der Waals surface area contributed by atoms with Crippen LogP contribution >= 0.6 is 27.7 Å². The third-order valence-electron chi connectivity index (χ3n) is 2.21. The highest BCUT2D eigenvalue weighted by Crippen LogP contribution is 2.28. The number of amides is 1. The Kier molecular flexibility index (Phi) is 7.58. The molecule has 0 aliphatic carbocycles. The molecule has 0 fully saturated rings. The Morgan fingerprint density at radius 1 is 1.52 bits per heavy atom. The van der Waals surface area contributed by atoms with E-state index in [9.17, 15) is 9.59 Å². The predicted octanol–water partition coefficient (Wildman–Crippen LogP) is 3.47. The first-order valence-electron chi connectivity index (χ1n) is 6.05. The van der Waals surface area contributed by atoms with Crippen LogP contribution in [-0.2, 0) is 14.3 Å². The molecule has 0 spiro atoms. The molecule has 7 heteroatoms. The van der Waals surface area contributed by atoms with Crippen molar-refractivity contribution in [3.63, 3.8) is 0 Å². The number of carbonyl (C=O) groups excluding carboxylic acids is 2. The van der Waals surface area contributed by atoms with Gasteiger partial charge in [0.2, 0.25) is 0 Å². The average Bonchev–Trinajstić information content (AvgIpc) is 2.46. The molecular weight excluding hydrogens is 356 g/mol. The van der Waals surface area contributed by atoms with Crippen molar-refractivity contribution >= 4 is 45.3 Å². The van der Waals surface area contributed by atoms with Gasteiger partial charge in [0.05, 0.1) is 5.69 Å². The van der Waals surface area contributed by atoms with Crippen molar-refractivity contribution in [2.24, 2.45) is 0 Å². The fourth-order valence-corrected chi connectivity index (χ4v) is 2.35. The fourth-order valence-electron chi connectivity index (χ4n) is 1.30. The second-order valence-corrected chi connectivity index (χ2v) is 5.51. The number of rotatable bonds is 6. The van der Waals surface area contributed by atoms with Crippen LogP contribution < -0.4 is 5.32 Å². The van der Waals surface area contributed by atoms with Crippen LogP contribution in [0.3, 0.4) is 0 Å². The summed E-state index contributed by atoms with van der Waals surface area (Å²) in [4.78, 5) is 23.6. The molecule has 0 aliphatic rings. The van der Waals surface area contributed by atoms with E-state index in [1.54, 1.807) is 24.3 Å². The summed E-state index contributed by atoms with van der Waals surface area (Å²) < 4.78 is 5.43. The molecule has 1 N–H and O–H groups in total. The van der Waals surface area contributed by atoms with E-state index in [0.29, 0.717) is 10.2 Å². The van der Waals surface area contributed by atoms with Crippen molar-refractivity contribution in [2.75, 3.05) is 11.9 Å². The number of hydrogen-bond acceptors (Lipinski definition) is 5. The van der Waals surface area contributed by atoms with Gasteiger partial charge in [0.1, 0.15) is 5.40 Å². The van der Waals surface area contributed by atoms with Crippen molar-refractivity contribution in [1.82, 2.24) is 0 Å². The predicted molar refractivity (Wildman–Crippen MR) is 84.6 cm³/mol. The summed E-state index contributed by atoms with van der Waals surface area (Å²) in [6.07, 6.45) is 3.67. The summed E-state index contributed by atoms with van der Waals surface area (Å²) in [6.45, 7) is 1.54. The topological polar surface area (TPSA) is 79.2 Å². The zero-order chi connectivity index (χ0) is 15.7. The molecule has 21 heavy (non-hydrogen) atoms. The molecule has 1 rings (SSSR count). The molecule has 0 aromatic heterocycles. The lowest BCUT2D eigenvalue weighted by Crippen LogP contribution is -2.20. The average molecular weight is 369 g/mol. The third kappa shape index (κ3) is 6.47. The molecular formula is C14H13BrN2O3S. The van der Waals surface area contributed by atoms with Gasteiger partial charge in [0, 0.05) is 15.4 Å². The van der Waals surface area contributed by atoms with Crippen LogP contribution in [0.4, 0.5) is 5.69 Å². The second-order valence-electron chi connectivity index (χ2n) is 3.80. The molecule has 0 aliphatic heterocycles. The number of thioether (sulfide) groups is 1. The van der Waals surface area contributed by atoms with Gasteiger partial charge in [-0.2, -0.15) is 5.26 Å². The van der Waals surface area contributed by atoms with Gasteiger partial charge in [-0.1, -0.05) is 13.0 Å². The number of nitrogens with zero attached hydrogens (tertiary/aromatic N) is 1. The van der Waals surface area contributed by atoms with E-state index in [-0.39, 0.29) is 6.61 Å². The van der Waals surface area contributed by atoms with E-state index >= 15 is 0 Å². The molecule has 0 heterocycles. The monoisotopic (exact) mass is 368 g/mol. The summed E-state index contributed by atoms with van der Waals surface area (Å²) in [7, 11) is 0. The van der Waals surface area contributed by atoms with E-state index in [2.05, 4.69) is 21.2 Å². The summed E-state index contributed by atoms with van der Waals surface area (Å²) in [6, 6.07) is 5.10. The van der Waals surface area contributed by atoms with Crippen LogP contribution in [0, 0.1) is 10.7 Å². The smallest absolute Gasteiger partial charge is 0.330 e. The molecule has 0 radical (unpaired) electrons. The maximum absolute atomic E-state index is 11.7. The maximum Gasteiger partial charge on any atom is 0.330 e. The molecule has 1 aromatic rings. The minimum Gasteiger partial charge on any atom is -0.452 e. The third-order valence-corrected chi connectivity index (χ3v) is 3.45. The van der Waals surface area contributed by atoms with Gasteiger partial charge in [-0.3, -0.25) is 4.79 Å². The van der Waals surface area contributed by atoms with E-state index < -0.39 is 11.9 Å². The van der Waals surface area contributed by atoms with Crippen LogP contribution in [0.15, 0.2) is 39.7 Å². The Morgan fingerprint density at radius 3 is 2.90 bits per heavy atom. The van der Waals surface area contributed by atoms with E-state index in [4.69, 9.17) is 10.00 Å². The van der Waals surface area contributed by atoms with Crippen LogP contribution in [0.2, 0.25) is 0 Å². The SMILES string of the molecule is CC/C=C/C(=O)OCC(=O)Nc1ccc(SC#N)cc1Br. The van der Waals surface area contributed by atoms with Crippen molar-refractivity contribution in [2.45, 2.75) is 18.2 Å². The van der Waals surface area contributed by atoms with Gasteiger partial charge in [0.25, 0.3) is 5.91 Å². The molecule has 0 saturated heterocycles. The highest BCUT2D eigenvalue weighted by atomic mass is 79.9. The minimum absolute atomic E-state index is 0.353. The van der Waals surface area contributed by atoms with Gasteiger partial charge in [0.15, 0.2) is 6.61 Å². The van der Waals surface area contributed by atoms with Crippen LogP contribution in [-0.4, -0.2) is 18.5 Å². The Morgan fingerprint density at radius 2 is 2.29 bits per heavy atom. The number of nitriles is 1. The molecule has 110 valence electrons. The highest BCUT2D eigenvalue weighted by Gasteiger charge is 2.08. The summed E-state index contributed by atoms with van der Waals surface area (Å²) in [5.41, 5.74) is 0.544.